The number of hydrogen-bond acceptors (Lipinski definition) is 5. The molecule has 3 rings (SSSR count). The fraction of sp³-hybridized carbons (Fsp3) is 0.357. The van der Waals surface area contributed by atoms with Crippen molar-refractivity contribution < 1.29 is 22.4 Å². The first-order valence-corrected chi connectivity index (χ1v) is 12.3. The first kappa shape index (κ1) is 29.5. The molecule has 2 aromatic carbocycles. The van der Waals surface area contributed by atoms with E-state index in [0.29, 0.717) is 18.6 Å². The van der Waals surface area contributed by atoms with Gasteiger partial charge in [0.15, 0.2) is 5.69 Å². The minimum atomic E-state index is -4.92. The van der Waals surface area contributed by atoms with E-state index in [1.807, 2.05) is 24.3 Å². The van der Waals surface area contributed by atoms with Crippen LogP contribution in [0.2, 0.25) is 0 Å². The van der Waals surface area contributed by atoms with Crippen molar-refractivity contribution in [1.82, 2.24) is 14.5 Å². The molecule has 1 unspecified atom stereocenters. The van der Waals surface area contributed by atoms with Gasteiger partial charge in [-0.1, -0.05) is 44.2 Å². The van der Waals surface area contributed by atoms with Crippen LogP contribution in [0.1, 0.15) is 64.9 Å². The molecule has 0 aliphatic rings. The molecule has 0 saturated heterocycles. The zero-order chi connectivity index (χ0) is 28.9. The molecule has 39 heavy (non-hydrogen) atoms. The minimum Gasteiger partial charge on any atom is -0.330 e. The van der Waals surface area contributed by atoms with Crippen molar-refractivity contribution in [3.8, 4) is 6.07 Å². The molecule has 1 atom stereocenters. The molecule has 1 heterocycles. The van der Waals surface area contributed by atoms with Crippen LogP contribution in [0.25, 0.3) is 0 Å². The van der Waals surface area contributed by atoms with E-state index >= 15 is 0 Å². The number of benzene rings is 2. The summed E-state index contributed by atoms with van der Waals surface area (Å²) in [5, 5.41) is 9.67. The third-order valence-electron chi connectivity index (χ3n) is 6.33. The number of amides is 1. The van der Waals surface area contributed by atoms with Crippen LogP contribution in [-0.4, -0.2) is 33.4 Å². The molecule has 0 radical (unpaired) electrons. The fourth-order valence-corrected chi connectivity index (χ4v) is 4.39. The Morgan fingerprint density at radius 3 is 2.38 bits per heavy atom. The van der Waals surface area contributed by atoms with E-state index in [0.717, 1.165) is 11.6 Å². The van der Waals surface area contributed by atoms with E-state index in [-0.39, 0.29) is 48.2 Å². The minimum absolute atomic E-state index is 0.0534. The van der Waals surface area contributed by atoms with E-state index in [9.17, 15) is 32.4 Å². The fourth-order valence-electron chi connectivity index (χ4n) is 4.39. The average Bonchev–Trinajstić information content (AvgIpc) is 2.89. The maximum atomic E-state index is 14.4. The summed E-state index contributed by atoms with van der Waals surface area (Å²) in [6.07, 6.45) is -4.60. The highest BCUT2D eigenvalue weighted by Gasteiger charge is 2.36. The third-order valence-corrected chi connectivity index (χ3v) is 6.33. The van der Waals surface area contributed by atoms with Gasteiger partial charge in [-0.2, -0.15) is 18.4 Å². The van der Waals surface area contributed by atoms with Crippen LogP contribution in [0.4, 0.5) is 17.6 Å². The van der Waals surface area contributed by atoms with Crippen molar-refractivity contribution in [2.45, 2.75) is 46.0 Å². The van der Waals surface area contributed by atoms with Crippen LogP contribution in [-0.2, 0) is 12.7 Å². The largest absolute Gasteiger partial charge is 0.419 e. The van der Waals surface area contributed by atoms with Gasteiger partial charge in [0.2, 0.25) is 0 Å². The topological polar surface area (TPSA) is 105 Å². The van der Waals surface area contributed by atoms with Crippen LogP contribution >= 0.6 is 0 Å². The lowest BCUT2D eigenvalue weighted by molar-refractivity contribution is -0.140. The summed E-state index contributed by atoms with van der Waals surface area (Å²) in [5.41, 5.74) is 4.29. The van der Waals surface area contributed by atoms with Gasteiger partial charge in [0.25, 0.3) is 11.5 Å². The number of nitrogens with two attached hydrogens (primary N) is 1. The lowest BCUT2D eigenvalue weighted by Crippen LogP contribution is -2.43. The van der Waals surface area contributed by atoms with Crippen molar-refractivity contribution in [1.29, 1.82) is 5.26 Å². The molecule has 0 aliphatic carbocycles. The summed E-state index contributed by atoms with van der Waals surface area (Å²) in [6, 6.07) is 12.1. The highest BCUT2D eigenvalue weighted by atomic mass is 19.4. The van der Waals surface area contributed by atoms with Gasteiger partial charge in [-0.3, -0.25) is 14.2 Å². The summed E-state index contributed by atoms with van der Waals surface area (Å²) in [7, 11) is 0. The van der Waals surface area contributed by atoms with Gasteiger partial charge in [0.05, 0.1) is 23.7 Å². The molecule has 0 spiro atoms. The number of carbonyl (C=O) groups is 1. The molecule has 0 saturated carbocycles. The molecule has 1 aromatic heterocycles. The molecule has 3 aromatic rings. The predicted octanol–water partition coefficient (Wildman–Crippen LogP) is 4.82. The zero-order valence-electron chi connectivity index (χ0n) is 21.8. The van der Waals surface area contributed by atoms with Crippen molar-refractivity contribution in [2.75, 3.05) is 13.1 Å². The average molecular weight is 544 g/mol. The summed E-state index contributed by atoms with van der Waals surface area (Å²) in [4.78, 5) is 33.0. The SMILES string of the molecule is Cc1c(C#N)nc(C(C(C)C)N(CCCN)C(=O)c2ccc(C(F)(F)F)c(F)c2)n(Cc2ccccc2)c1=O. The van der Waals surface area contributed by atoms with Gasteiger partial charge < -0.3 is 10.6 Å². The molecule has 7 nitrogen and oxygen atoms in total. The second kappa shape index (κ2) is 12.2. The summed E-state index contributed by atoms with van der Waals surface area (Å²) in [5.74, 6) is -2.56. The monoisotopic (exact) mass is 543 g/mol. The second-order valence-electron chi connectivity index (χ2n) is 9.45. The number of aromatic nitrogens is 2. The van der Waals surface area contributed by atoms with Crippen LogP contribution in [0.15, 0.2) is 53.3 Å². The number of halogens is 4. The molecule has 0 bridgehead atoms. The van der Waals surface area contributed by atoms with Crippen LogP contribution in [0, 0.1) is 30.0 Å². The Morgan fingerprint density at radius 2 is 1.85 bits per heavy atom. The number of rotatable bonds is 9. The molecule has 2 N–H and O–H groups in total. The Bertz CT molecular complexity index is 1430. The van der Waals surface area contributed by atoms with E-state index in [1.54, 1.807) is 26.0 Å². The van der Waals surface area contributed by atoms with Gasteiger partial charge in [-0.15, -0.1) is 0 Å². The Kier molecular flexibility index (Phi) is 9.24. The third kappa shape index (κ3) is 6.52. The summed E-state index contributed by atoms with van der Waals surface area (Å²) >= 11 is 0. The van der Waals surface area contributed by atoms with E-state index in [2.05, 4.69) is 4.98 Å². The quantitative estimate of drug-likeness (QED) is 0.390. The van der Waals surface area contributed by atoms with Gasteiger partial charge >= 0.3 is 6.18 Å². The van der Waals surface area contributed by atoms with Gasteiger partial charge in [-0.25, -0.2) is 9.37 Å². The molecular formula is C28H29F4N5O2. The highest BCUT2D eigenvalue weighted by molar-refractivity contribution is 5.94. The Labute approximate surface area is 223 Å². The molecule has 11 heteroatoms. The standard InChI is InChI=1S/C28H29F4N5O2/c1-17(2)24(25-35-23(15-34)18(3)26(38)37(25)16-19-8-5-4-6-9-19)36(13-7-12-33)27(39)20-10-11-21(22(29)14-20)28(30,31)32/h4-6,8-11,14,17,24H,7,12-13,16,33H2,1-3H3. The Morgan fingerprint density at radius 1 is 1.18 bits per heavy atom. The maximum absolute atomic E-state index is 14.4. The van der Waals surface area contributed by atoms with E-state index in [4.69, 9.17) is 5.73 Å². The number of alkyl halides is 3. The molecule has 0 fully saturated rings. The van der Waals surface area contributed by atoms with E-state index in [1.165, 1.54) is 16.4 Å². The smallest absolute Gasteiger partial charge is 0.330 e. The molecule has 1 amide bonds. The van der Waals surface area contributed by atoms with E-state index < -0.39 is 35.1 Å². The second-order valence-corrected chi connectivity index (χ2v) is 9.45. The normalized spacial score (nSPS) is 12.3. The Balaban J connectivity index is 2.21. The zero-order valence-corrected chi connectivity index (χ0v) is 21.8. The predicted molar refractivity (Wildman–Crippen MR) is 137 cm³/mol. The van der Waals surface area contributed by atoms with Crippen molar-refractivity contribution in [2.24, 2.45) is 11.7 Å². The van der Waals surface area contributed by atoms with Crippen LogP contribution < -0.4 is 11.3 Å². The number of nitriles is 1. The lowest BCUT2D eigenvalue weighted by atomic mass is 9.98. The molecule has 206 valence electrons. The number of nitrogens with zero attached hydrogens (tertiary/aromatic N) is 4. The first-order valence-electron chi connectivity index (χ1n) is 12.3. The maximum Gasteiger partial charge on any atom is 0.419 e. The van der Waals surface area contributed by atoms with Gasteiger partial charge in [0, 0.05) is 12.1 Å². The molecular weight excluding hydrogens is 514 g/mol. The van der Waals surface area contributed by atoms with Crippen molar-refractivity contribution in [3.05, 3.63) is 98.5 Å². The van der Waals surface area contributed by atoms with Crippen molar-refractivity contribution >= 4 is 5.91 Å². The highest BCUT2D eigenvalue weighted by Crippen LogP contribution is 2.33. The van der Waals surface area contributed by atoms with Crippen LogP contribution in [0.3, 0.4) is 0 Å². The lowest BCUT2D eigenvalue weighted by Gasteiger charge is -2.35. The van der Waals surface area contributed by atoms with Crippen LogP contribution in [0.5, 0.6) is 0 Å². The first-order chi connectivity index (χ1) is 18.4. The van der Waals surface area contributed by atoms with Gasteiger partial charge in [-0.05, 0) is 49.6 Å². The Hall–Kier alpha value is -4.04. The number of hydrogen-bond donors (Lipinski definition) is 1. The van der Waals surface area contributed by atoms with Crippen molar-refractivity contribution in [3.63, 3.8) is 0 Å². The molecule has 0 aliphatic heterocycles. The summed E-state index contributed by atoms with van der Waals surface area (Å²) < 4.78 is 55.1. The van der Waals surface area contributed by atoms with Gasteiger partial charge in [0.1, 0.15) is 17.7 Å². The number of carbonyl (C=O) groups excluding carboxylic acids is 1. The summed E-state index contributed by atoms with van der Waals surface area (Å²) in [6.45, 7) is 5.41.